The second-order valence-electron chi connectivity index (χ2n) is 5.23. The maximum Gasteiger partial charge on any atom is 0.257 e. The Labute approximate surface area is 144 Å². The molecule has 3 aromatic rings. The van der Waals surface area contributed by atoms with Crippen molar-refractivity contribution in [2.45, 2.75) is 6.92 Å². The summed E-state index contributed by atoms with van der Waals surface area (Å²) in [6, 6.07) is 14.4. The first kappa shape index (κ1) is 16.1. The molecule has 0 fully saturated rings. The number of carbonyl (C=O) groups is 1. The van der Waals surface area contributed by atoms with Crippen LogP contribution in [0.15, 0.2) is 48.5 Å². The Bertz CT molecular complexity index is 872. The first-order valence-electron chi connectivity index (χ1n) is 7.35. The molecule has 24 heavy (non-hydrogen) atoms. The molecule has 1 heterocycles. The topological polar surface area (TPSA) is 67.0 Å². The van der Waals surface area contributed by atoms with Gasteiger partial charge in [0.2, 0.25) is 0 Å². The van der Waals surface area contributed by atoms with E-state index in [4.69, 9.17) is 16.3 Å². The molecule has 2 aromatic carbocycles. The number of methoxy groups -OCH3 is 1. The van der Waals surface area contributed by atoms with Crippen LogP contribution in [0.1, 0.15) is 16.1 Å². The second kappa shape index (κ2) is 6.76. The number of carbonyl (C=O) groups excluding carboxylic acids is 1. The summed E-state index contributed by atoms with van der Waals surface area (Å²) in [6.45, 7) is 1.85. The van der Waals surface area contributed by atoms with Crippen molar-refractivity contribution in [3.8, 4) is 17.0 Å². The maximum atomic E-state index is 12.5. The number of nitrogens with one attached hydrogen (secondary N) is 2. The van der Waals surface area contributed by atoms with Crippen molar-refractivity contribution in [2.24, 2.45) is 0 Å². The summed E-state index contributed by atoms with van der Waals surface area (Å²) in [5, 5.41) is 10.5. The van der Waals surface area contributed by atoms with Gasteiger partial charge in [-0.1, -0.05) is 23.7 Å². The normalized spacial score (nSPS) is 10.5. The molecule has 122 valence electrons. The molecule has 0 atom stereocenters. The van der Waals surface area contributed by atoms with Gasteiger partial charge in [-0.05, 0) is 43.3 Å². The molecule has 0 spiro atoms. The number of aromatic nitrogens is 2. The second-order valence-corrected chi connectivity index (χ2v) is 5.64. The van der Waals surface area contributed by atoms with Gasteiger partial charge in [0.25, 0.3) is 5.91 Å². The van der Waals surface area contributed by atoms with Crippen LogP contribution >= 0.6 is 11.6 Å². The zero-order valence-corrected chi connectivity index (χ0v) is 14.0. The summed E-state index contributed by atoms with van der Waals surface area (Å²) in [7, 11) is 1.61. The van der Waals surface area contributed by atoms with Crippen molar-refractivity contribution in [3.63, 3.8) is 0 Å². The fourth-order valence-corrected chi connectivity index (χ4v) is 2.59. The maximum absolute atomic E-state index is 12.5. The van der Waals surface area contributed by atoms with Crippen LogP contribution in [-0.4, -0.2) is 23.2 Å². The third-order valence-electron chi connectivity index (χ3n) is 3.67. The van der Waals surface area contributed by atoms with Crippen LogP contribution in [0, 0.1) is 6.92 Å². The third-order valence-corrected chi connectivity index (χ3v) is 4.00. The van der Waals surface area contributed by atoms with Crippen LogP contribution in [0.25, 0.3) is 11.3 Å². The predicted molar refractivity (Wildman–Crippen MR) is 94.7 cm³/mol. The molecule has 0 aliphatic heterocycles. The van der Waals surface area contributed by atoms with Crippen molar-refractivity contribution < 1.29 is 9.53 Å². The minimum Gasteiger partial charge on any atom is -0.497 e. The number of hydrogen-bond donors (Lipinski definition) is 2. The Hall–Kier alpha value is -2.79. The van der Waals surface area contributed by atoms with E-state index in [2.05, 4.69) is 15.5 Å². The minimum absolute atomic E-state index is 0.278. The fourth-order valence-electron chi connectivity index (χ4n) is 2.37. The van der Waals surface area contributed by atoms with Crippen LogP contribution in [0.3, 0.4) is 0 Å². The van der Waals surface area contributed by atoms with E-state index < -0.39 is 0 Å². The number of ether oxygens (including phenoxy) is 1. The zero-order chi connectivity index (χ0) is 17.1. The lowest BCUT2D eigenvalue weighted by Gasteiger charge is -2.08. The van der Waals surface area contributed by atoms with E-state index in [1.807, 2.05) is 31.2 Å². The Kier molecular flexibility index (Phi) is 4.53. The SMILES string of the molecule is COc1ccc(-c2n[nH]c(C)c2NC(=O)c2ccccc2Cl)cc1. The highest BCUT2D eigenvalue weighted by molar-refractivity contribution is 6.34. The Morgan fingerprint density at radius 3 is 2.54 bits per heavy atom. The standard InChI is InChI=1S/C18H16ClN3O2/c1-11-16(20-18(23)14-5-3-4-6-15(14)19)17(22-21-11)12-7-9-13(24-2)10-8-12/h3-10H,1-2H3,(H,20,23)(H,21,22). The van der Waals surface area contributed by atoms with Crippen molar-refractivity contribution in [2.75, 3.05) is 12.4 Å². The predicted octanol–water partition coefficient (Wildman–Crippen LogP) is 4.30. The van der Waals surface area contributed by atoms with E-state index in [-0.39, 0.29) is 5.91 Å². The first-order chi connectivity index (χ1) is 11.6. The van der Waals surface area contributed by atoms with Crippen molar-refractivity contribution in [1.29, 1.82) is 0 Å². The Morgan fingerprint density at radius 2 is 1.88 bits per heavy atom. The van der Waals surface area contributed by atoms with E-state index in [0.717, 1.165) is 17.0 Å². The number of aryl methyl sites for hydroxylation is 1. The van der Waals surface area contributed by atoms with Gasteiger partial charge in [0.15, 0.2) is 0 Å². The third kappa shape index (κ3) is 3.12. The number of amides is 1. The molecule has 0 saturated carbocycles. The molecule has 0 saturated heterocycles. The molecule has 0 unspecified atom stereocenters. The van der Waals surface area contributed by atoms with E-state index in [9.17, 15) is 4.79 Å². The average molecular weight is 342 g/mol. The smallest absolute Gasteiger partial charge is 0.257 e. The van der Waals surface area contributed by atoms with E-state index in [1.54, 1.807) is 31.4 Å². The molecular formula is C18H16ClN3O2. The zero-order valence-electron chi connectivity index (χ0n) is 13.3. The number of hydrogen-bond acceptors (Lipinski definition) is 3. The van der Waals surface area contributed by atoms with Gasteiger partial charge < -0.3 is 10.1 Å². The number of benzene rings is 2. The molecule has 6 heteroatoms. The Balaban J connectivity index is 1.93. The van der Waals surface area contributed by atoms with E-state index in [0.29, 0.717) is 22.0 Å². The van der Waals surface area contributed by atoms with Crippen LogP contribution in [0.5, 0.6) is 5.75 Å². The van der Waals surface area contributed by atoms with Gasteiger partial charge in [-0.15, -0.1) is 0 Å². The average Bonchev–Trinajstić information content (AvgIpc) is 2.96. The van der Waals surface area contributed by atoms with E-state index in [1.165, 1.54) is 0 Å². The fraction of sp³-hybridized carbons (Fsp3) is 0.111. The first-order valence-corrected chi connectivity index (χ1v) is 7.73. The number of halogens is 1. The molecule has 1 amide bonds. The van der Waals surface area contributed by atoms with Crippen LogP contribution < -0.4 is 10.1 Å². The highest BCUT2D eigenvalue weighted by Crippen LogP contribution is 2.30. The largest absolute Gasteiger partial charge is 0.497 e. The number of H-pyrrole nitrogens is 1. The lowest BCUT2D eigenvalue weighted by atomic mass is 10.1. The minimum atomic E-state index is -0.278. The number of rotatable bonds is 4. The molecular weight excluding hydrogens is 326 g/mol. The number of anilines is 1. The summed E-state index contributed by atoms with van der Waals surface area (Å²) in [5.74, 6) is 0.479. The summed E-state index contributed by atoms with van der Waals surface area (Å²) >= 11 is 6.09. The summed E-state index contributed by atoms with van der Waals surface area (Å²) in [5.41, 5.74) is 3.34. The molecule has 0 aliphatic carbocycles. The van der Waals surface area contributed by atoms with Crippen molar-refractivity contribution >= 4 is 23.2 Å². The Morgan fingerprint density at radius 1 is 1.17 bits per heavy atom. The van der Waals surface area contributed by atoms with Gasteiger partial charge in [-0.25, -0.2) is 0 Å². The molecule has 0 aliphatic rings. The summed E-state index contributed by atoms with van der Waals surface area (Å²) < 4.78 is 5.16. The van der Waals surface area contributed by atoms with Crippen LogP contribution in [-0.2, 0) is 0 Å². The summed E-state index contributed by atoms with van der Waals surface area (Å²) in [6.07, 6.45) is 0. The van der Waals surface area contributed by atoms with Gasteiger partial charge in [0, 0.05) is 5.56 Å². The van der Waals surface area contributed by atoms with E-state index >= 15 is 0 Å². The van der Waals surface area contributed by atoms with Gasteiger partial charge in [0.05, 0.1) is 29.1 Å². The molecule has 3 rings (SSSR count). The molecule has 5 nitrogen and oxygen atoms in total. The number of aromatic amines is 1. The van der Waals surface area contributed by atoms with Gasteiger partial charge >= 0.3 is 0 Å². The molecule has 2 N–H and O–H groups in total. The van der Waals surface area contributed by atoms with Gasteiger partial charge in [-0.3, -0.25) is 9.89 Å². The number of nitrogens with zero attached hydrogens (tertiary/aromatic N) is 1. The monoisotopic (exact) mass is 341 g/mol. The van der Waals surface area contributed by atoms with Crippen LogP contribution in [0.4, 0.5) is 5.69 Å². The lowest BCUT2D eigenvalue weighted by Crippen LogP contribution is -2.13. The summed E-state index contributed by atoms with van der Waals surface area (Å²) in [4.78, 5) is 12.5. The van der Waals surface area contributed by atoms with Gasteiger partial charge in [-0.2, -0.15) is 5.10 Å². The van der Waals surface area contributed by atoms with Crippen LogP contribution in [0.2, 0.25) is 5.02 Å². The molecule has 0 bridgehead atoms. The quantitative estimate of drug-likeness (QED) is 0.743. The highest BCUT2D eigenvalue weighted by atomic mass is 35.5. The van der Waals surface area contributed by atoms with Crippen molar-refractivity contribution in [1.82, 2.24) is 10.2 Å². The lowest BCUT2D eigenvalue weighted by molar-refractivity contribution is 0.102. The van der Waals surface area contributed by atoms with Crippen molar-refractivity contribution in [3.05, 3.63) is 64.8 Å². The molecule has 0 radical (unpaired) electrons. The molecule has 1 aromatic heterocycles. The van der Waals surface area contributed by atoms with Gasteiger partial charge in [0.1, 0.15) is 11.4 Å². The highest BCUT2D eigenvalue weighted by Gasteiger charge is 2.17.